The number of aromatic nitrogens is 2. The number of carbonyl (C=O) groups excluding carboxylic acids is 1. The molecule has 1 spiro atoms. The molecule has 1 N–H and O–H groups in total. The number of ether oxygens (including phenoxy) is 1. The first kappa shape index (κ1) is 17.0. The van der Waals surface area contributed by atoms with Gasteiger partial charge in [0.05, 0.1) is 11.1 Å². The van der Waals surface area contributed by atoms with E-state index in [9.17, 15) is 4.79 Å². The van der Waals surface area contributed by atoms with Crippen molar-refractivity contribution in [2.45, 2.75) is 58.0 Å². The molecule has 0 bridgehead atoms. The molecule has 1 atom stereocenters. The Kier molecular flexibility index (Phi) is 4.82. The van der Waals surface area contributed by atoms with Crippen LogP contribution in [0.5, 0.6) is 0 Å². The smallest absolute Gasteiger partial charge is 0.230 e. The fraction of sp³-hybridized carbons (Fsp3) is 0.789. The first-order chi connectivity index (χ1) is 12.2. The standard InChI is InChI=1S/C19H30N4O2/c1-2-15-12-16(21-20-15)13-22-9-7-19(14-22)6-3-8-23(18(19)24)17-4-10-25-11-5-17/h12,17H,2-11,13-14H2,1H3,(H,20,21)/t19-/m1/s1. The second kappa shape index (κ2) is 7.08. The fourth-order valence-corrected chi connectivity index (χ4v) is 4.83. The van der Waals surface area contributed by atoms with Crippen molar-refractivity contribution >= 4 is 5.91 Å². The lowest BCUT2D eigenvalue weighted by Gasteiger charge is -2.44. The van der Waals surface area contributed by atoms with Gasteiger partial charge in [0.2, 0.25) is 5.91 Å². The number of aromatic amines is 1. The van der Waals surface area contributed by atoms with Crippen molar-refractivity contribution in [1.82, 2.24) is 20.0 Å². The summed E-state index contributed by atoms with van der Waals surface area (Å²) in [4.78, 5) is 18.0. The molecule has 3 fully saturated rings. The van der Waals surface area contributed by atoms with Gasteiger partial charge in [0.15, 0.2) is 0 Å². The van der Waals surface area contributed by atoms with Crippen LogP contribution in [0.3, 0.4) is 0 Å². The topological polar surface area (TPSA) is 61.5 Å². The normalized spacial score (nSPS) is 29.0. The van der Waals surface area contributed by atoms with Crippen LogP contribution in [0.15, 0.2) is 6.07 Å². The lowest BCUT2D eigenvalue weighted by atomic mass is 9.77. The van der Waals surface area contributed by atoms with Crippen LogP contribution in [0.25, 0.3) is 0 Å². The van der Waals surface area contributed by atoms with Crippen LogP contribution in [0.1, 0.15) is 50.4 Å². The number of carbonyl (C=O) groups is 1. The van der Waals surface area contributed by atoms with E-state index in [1.165, 1.54) is 5.69 Å². The van der Waals surface area contributed by atoms with Crippen LogP contribution < -0.4 is 0 Å². The van der Waals surface area contributed by atoms with Gasteiger partial charge in [-0.3, -0.25) is 14.8 Å². The number of hydrogen-bond donors (Lipinski definition) is 1. The molecule has 3 aliphatic rings. The number of amides is 1. The maximum atomic E-state index is 13.3. The highest BCUT2D eigenvalue weighted by Crippen LogP contribution is 2.41. The molecule has 3 aliphatic heterocycles. The van der Waals surface area contributed by atoms with Gasteiger partial charge in [-0.1, -0.05) is 6.92 Å². The molecule has 3 saturated heterocycles. The molecule has 4 rings (SSSR count). The van der Waals surface area contributed by atoms with Crippen molar-refractivity contribution in [3.63, 3.8) is 0 Å². The molecule has 4 heterocycles. The summed E-state index contributed by atoms with van der Waals surface area (Å²) in [6.07, 6.45) is 6.14. The molecule has 25 heavy (non-hydrogen) atoms. The largest absolute Gasteiger partial charge is 0.381 e. The molecule has 0 aliphatic carbocycles. The molecule has 6 heteroatoms. The second-order valence-electron chi connectivity index (χ2n) is 7.92. The van der Waals surface area contributed by atoms with Crippen molar-refractivity contribution in [3.8, 4) is 0 Å². The number of rotatable bonds is 4. The van der Waals surface area contributed by atoms with E-state index >= 15 is 0 Å². The zero-order valence-electron chi connectivity index (χ0n) is 15.3. The van der Waals surface area contributed by atoms with Crippen molar-refractivity contribution in [2.24, 2.45) is 5.41 Å². The van der Waals surface area contributed by atoms with Gasteiger partial charge in [0.1, 0.15) is 0 Å². The average Bonchev–Trinajstić information content (AvgIpc) is 3.26. The van der Waals surface area contributed by atoms with E-state index < -0.39 is 0 Å². The van der Waals surface area contributed by atoms with Gasteiger partial charge in [-0.05, 0) is 51.1 Å². The predicted molar refractivity (Wildman–Crippen MR) is 95.1 cm³/mol. The van der Waals surface area contributed by atoms with E-state index in [4.69, 9.17) is 4.74 Å². The highest BCUT2D eigenvalue weighted by atomic mass is 16.5. The molecule has 0 aromatic carbocycles. The molecular formula is C19H30N4O2. The highest BCUT2D eigenvalue weighted by Gasteiger charge is 2.49. The van der Waals surface area contributed by atoms with Crippen molar-refractivity contribution in [1.29, 1.82) is 0 Å². The summed E-state index contributed by atoms with van der Waals surface area (Å²) in [7, 11) is 0. The Morgan fingerprint density at radius 2 is 2.16 bits per heavy atom. The number of piperidine rings is 1. The van der Waals surface area contributed by atoms with E-state index in [-0.39, 0.29) is 5.41 Å². The Hall–Kier alpha value is -1.40. The van der Waals surface area contributed by atoms with Gasteiger partial charge in [0, 0.05) is 44.6 Å². The third kappa shape index (κ3) is 3.34. The Morgan fingerprint density at radius 1 is 1.32 bits per heavy atom. The minimum absolute atomic E-state index is 0.149. The summed E-state index contributed by atoms with van der Waals surface area (Å²) in [5.74, 6) is 0.409. The lowest BCUT2D eigenvalue weighted by Crippen LogP contribution is -2.54. The zero-order chi connectivity index (χ0) is 17.3. The van der Waals surface area contributed by atoms with Crippen LogP contribution in [-0.2, 0) is 22.5 Å². The SMILES string of the molecule is CCc1cc(CN2CC[C@]3(CCCN(C4CCOCC4)C3=O)C2)[nH]n1. The van der Waals surface area contributed by atoms with Gasteiger partial charge in [-0.25, -0.2) is 0 Å². The summed E-state index contributed by atoms with van der Waals surface area (Å²) in [6.45, 7) is 7.43. The van der Waals surface area contributed by atoms with Crippen molar-refractivity contribution in [3.05, 3.63) is 17.5 Å². The fourth-order valence-electron chi connectivity index (χ4n) is 4.83. The van der Waals surface area contributed by atoms with Crippen LogP contribution in [0.4, 0.5) is 0 Å². The monoisotopic (exact) mass is 346 g/mol. The van der Waals surface area contributed by atoms with E-state index in [1.807, 2.05) is 0 Å². The molecule has 1 amide bonds. The van der Waals surface area contributed by atoms with Gasteiger partial charge in [0.25, 0.3) is 0 Å². The van der Waals surface area contributed by atoms with Gasteiger partial charge in [-0.2, -0.15) is 5.10 Å². The molecule has 0 radical (unpaired) electrons. The predicted octanol–water partition coefficient (Wildman–Crippen LogP) is 1.97. The van der Waals surface area contributed by atoms with Crippen LogP contribution in [0, 0.1) is 5.41 Å². The van der Waals surface area contributed by atoms with Crippen LogP contribution >= 0.6 is 0 Å². The van der Waals surface area contributed by atoms with Gasteiger partial charge >= 0.3 is 0 Å². The summed E-state index contributed by atoms with van der Waals surface area (Å²) in [5, 5.41) is 7.48. The summed E-state index contributed by atoms with van der Waals surface area (Å²) < 4.78 is 5.48. The number of nitrogens with zero attached hydrogens (tertiary/aromatic N) is 3. The van der Waals surface area contributed by atoms with Crippen molar-refractivity contribution in [2.75, 3.05) is 32.8 Å². The van der Waals surface area contributed by atoms with Gasteiger partial charge in [-0.15, -0.1) is 0 Å². The quantitative estimate of drug-likeness (QED) is 0.905. The first-order valence-corrected chi connectivity index (χ1v) is 9.84. The summed E-state index contributed by atoms with van der Waals surface area (Å²) in [6, 6.07) is 2.55. The Bertz CT molecular complexity index is 610. The molecule has 1 aromatic rings. The zero-order valence-corrected chi connectivity index (χ0v) is 15.3. The van der Waals surface area contributed by atoms with E-state index in [1.54, 1.807) is 0 Å². The molecular weight excluding hydrogens is 316 g/mol. The molecule has 0 saturated carbocycles. The Balaban J connectivity index is 1.41. The maximum absolute atomic E-state index is 13.3. The number of hydrogen-bond acceptors (Lipinski definition) is 4. The van der Waals surface area contributed by atoms with Crippen molar-refractivity contribution < 1.29 is 9.53 Å². The maximum Gasteiger partial charge on any atom is 0.230 e. The van der Waals surface area contributed by atoms with Crippen LogP contribution in [-0.4, -0.2) is 64.8 Å². The van der Waals surface area contributed by atoms with Gasteiger partial charge < -0.3 is 9.64 Å². The molecule has 138 valence electrons. The Labute approximate surface area is 149 Å². The van der Waals surface area contributed by atoms with E-state index in [0.29, 0.717) is 11.9 Å². The molecule has 0 unspecified atom stereocenters. The Morgan fingerprint density at radius 3 is 2.92 bits per heavy atom. The number of likely N-dealkylation sites (tertiary alicyclic amines) is 2. The minimum atomic E-state index is -0.149. The lowest BCUT2D eigenvalue weighted by molar-refractivity contribution is -0.150. The summed E-state index contributed by atoms with van der Waals surface area (Å²) in [5.41, 5.74) is 2.13. The number of nitrogens with one attached hydrogen (secondary N) is 1. The second-order valence-corrected chi connectivity index (χ2v) is 7.92. The van der Waals surface area contributed by atoms with Crippen LogP contribution in [0.2, 0.25) is 0 Å². The number of H-pyrrole nitrogens is 1. The molecule has 6 nitrogen and oxygen atoms in total. The number of aryl methyl sites for hydroxylation is 1. The highest BCUT2D eigenvalue weighted by molar-refractivity contribution is 5.84. The first-order valence-electron chi connectivity index (χ1n) is 9.84. The summed E-state index contributed by atoms with van der Waals surface area (Å²) >= 11 is 0. The van der Waals surface area contributed by atoms with E-state index in [0.717, 1.165) is 83.6 Å². The third-order valence-corrected chi connectivity index (χ3v) is 6.27. The average molecular weight is 346 g/mol. The molecule has 1 aromatic heterocycles. The minimum Gasteiger partial charge on any atom is -0.381 e. The van der Waals surface area contributed by atoms with E-state index in [2.05, 4.69) is 33.0 Å². The third-order valence-electron chi connectivity index (χ3n) is 6.27.